The van der Waals surface area contributed by atoms with Crippen LogP contribution in [-0.4, -0.2) is 14.9 Å². The maximum Gasteiger partial charge on any atom is 0.118 e. The minimum Gasteiger partial charge on any atom is -0.383 e. The van der Waals surface area contributed by atoms with Crippen molar-refractivity contribution in [3.05, 3.63) is 38.8 Å². The third-order valence-corrected chi connectivity index (χ3v) is 3.87. The number of halogens is 1. The minimum absolute atomic E-state index is 0.607. The van der Waals surface area contributed by atoms with Crippen LogP contribution >= 0.6 is 22.9 Å². The lowest BCUT2D eigenvalue weighted by molar-refractivity contribution is 0.223. The molecule has 0 saturated carbocycles. The van der Waals surface area contributed by atoms with Gasteiger partial charge in [-0.1, -0.05) is 11.6 Å². The highest BCUT2D eigenvalue weighted by Gasteiger charge is 2.19. The molecule has 2 rings (SSSR count). The quantitative estimate of drug-likeness (QED) is 0.879. The third kappa shape index (κ3) is 1.80. The molecular formula is C10H11ClN2OS. The van der Waals surface area contributed by atoms with Crippen LogP contribution < -0.4 is 0 Å². The Morgan fingerprint density at radius 1 is 1.60 bits per heavy atom. The fourth-order valence-electron chi connectivity index (χ4n) is 1.43. The number of aliphatic hydroxyl groups is 1. The summed E-state index contributed by atoms with van der Waals surface area (Å²) >= 11 is 7.42. The Morgan fingerprint density at radius 3 is 2.80 bits per heavy atom. The molecule has 5 heteroatoms. The second-order valence-corrected chi connectivity index (χ2v) is 4.70. The summed E-state index contributed by atoms with van der Waals surface area (Å²) in [6.45, 7) is 1.92. The Balaban J connectivity index is 2.41. The van der Waals surface area contributed by atoms with Gasteiger partial charge in [0.25, 0.3) is 0 Å². The largest absolute Gasteiger partial charge is 0.383 e. The summed E-state index contributed by atoms with van der Waals surface area (Å²) in [6, 6.07) is 1.79. The molecule has 0 aliphatic heterocycles. The smallest absolute Gasteiger partial charge is 0.118 e. The van der Waals surface area contributed by atoms with Gasteiger partial charge < -0.3 is 5.11 Å². The summed E-state index contributed by atoms with van der Waals surface area (Å²) in [4.78, 5) is 0.771. The molecule has 2 aromatic heterocycles. The van der Waals surface area contributed by atoms with Crippen LogP contribution in [0.1, 0.15) is 22.2 Å². The van der Waals surface area contributed by atoms with Gasteiger partial charge in [0.2, 0.25) is 0 Å². The summed E-state index contributed by atoms with van der Waals surface area (Å²) in [5.74, 6) is 0. The summed E-state index contributed by atoms with van der Waals surface area (Å²) in [5.41, 5.74) is 1.76. The maximum atomic E-state index is 10.1. The predicted molar refractivity (Wildman–Crippen MR) is 61.3 cm³/mol. The molecule has 2 aromatic rings. The molecule has 0 bridgehead atoms. The molecule has 0 radical (unpaired) electrons. The maximum absolute atomic E-state index is 10.1. The van der Waals surface area contributed by atoms with E-state index in [9.17, 15) is 5.11 Å². The van der Waals surface area contributed by atoms with E-state index in [0.717, 1.165) is 16.1 Å². The second kappa shape index (κ2) is 3.96. The SMILES string of the molecule is Cc1c(C(O)c2sccc2Cl)cnn1C. The molecule has 0 spiro atoms. The lowest BCUT2D eigenvalue weighted by Gasteiger charge is -2.08. The molecule has 0 saturated heterocycles. The van der Waals surface area contributed by atoms with Crippen molar-refractivity contribution < 1.29 is 5.11 Å². The van der Waals surface area contributed by atoms with Crippen LogP contribution in [0.25, 0.3) is 0 Å². The average molecular weight is 243 g/mol. The van der Waals surface area contributed by atoms with E-state index in [0.29, 0.717) is 5.02 Å². The van der Waals surface area contributed by atoms with Crippen molar-refractivity contribution in [3.63, 3.8) is 0 Å². The monoisotopic (exact) mass is 242 g/mol. The van der Waals surface area contributed by atoms with Crippen LogP contribution in [-0.2, 0) is 7.05 Å². The first-order valence-corrected chi connectivity index (χ1v) is 5.76. The number of aryl methyl sites for hydroxylation is 1. The first kappa shape index (κ1) is 10.7. The van der Waals surface area contributed by atoms with Gasteiger partial charge in [-0.3, -0.25) is 4.68 Å². The van der Waals surface area contributed by atoms with Gasteiger partial charge in [-0.2, -0.15) is 5.10 Å². The van der Waals surface area contributed by atoms with Gasteiger partial charge in [0.05, 0.1) is 16.1 Å². The van der Waals surface area contributed by atoms with Crippen molar-refractivity contribution in [2.24, 2.45) is 7.05 Å². The zero-order valence-electron chi connectivity index (χ0n) is 8.44. The fraction of sp³-hybridized carbons (Fsp3) is 0.300. The van der Waals surface area contributed by atoms with Crippen LogP contribution in [0.15, 0.2) is 17.6 Å². The van der Waals surface area contributed by atoms with E-state index in [1.165, 1.54) is 11.3 Å². The highest BCUT2D eigenvalue weighted by Crippen LogP contribution is 2.33. The number of hydrogen-bond acceptors (Lipinski definition) is 3. The average Bonchev–Trinajstić information content (AvgIpc) is 2.75. The van der Waals surface area contributed by atoms with Crippen LogP contribution in [0.2, 0.25) is 5.02 Å². The molecule has 0 fully saturated rings. The Morgan fingerprint density at radius 2 is 2.33 bits per heavy atom. The Hall–Kier alpha value is -0.840. The third-order valence-electron chi connectivity index (χ3n) is 2.46. The molecule has 0 aliphatic rings. The highest BCUT2D eigenvalue weighted by molar-refractivity contribution is 7.10. The minimum atomic E-state index is -0.675. The van der Waals surface area contributed by atoms with Gasteiger partial charge in [-0.15, -0.1) is 11.3 Å². The van der Waals surface area contributed by atoms with Gasteiger partial charge in [0.1, 0.15) is 6.10 Å². The lowest BCUT2D eigenvalue weighted by Crippen LogP contribution is -2.00. The van der Waals surface area contributed by atoms with Crippen LogP contribution in [0.4, 0.5) is 0 Å². The standard InChI is InChI=1S/C10H11ClN2OS/c1-6-7(5-12-13(6)2)9(14)10-8(11)3-4-15-10/h3-5,9,14H,1-2H3. The number of nitrogens with zero attached hydrogens (tertiary/aromatic N) is 2. The molecule has 0 amide bonds. The van der Waals surface area contributed by atoms with Crippen LogP contribution in [0, 0.1) is 6.92 Å². The molecule has 2 heterocycles. The molecule has 0 aliphatic carbocycles. The van der Waals surface area contributed by atoms with E-state index in [2.05, 4.69) is 5.10 Å². The van der Waals surface area contributed by atoms with E-state index >= 15 is 0 Å². The van der Waals surface area contributed by atoms with Crippen molar-refractivity contribution in [1.29, 1.82) is 0 Å². The summed E-state index contributed by atoms with van der Waals surface area (Å²) in [6.07, 6.45) is 1.00. The normalized spacial score (nSPS) is 13.1. The zero-order chi connectivity index (χ0) is 11.0. The Kier molecular flexibility index (Phi) is 2.82. The Labute approximate surface area is 96.9 Å². The van der Waals surface area contributed by atoms with E-state index in [4.69, 9.17) is 11.6 Å². The van der Waals surface area contributed by atoms with Gasteiger partial charge in [-0.05, 0) is 18.4 Å². The van der Waals surface area contributed by atoms with Gasteiger partial charge >= 0.3 is 0 Å². The lowest BCUT2D eigenvalue weighted by atomic mass is 10.1. The number of rotatable bonds is 2. The molecule has 1 N–H and O–H groups in total. The van der Waals surface area contributed by atoms with E-state index < -0.39 is 6.10 Å². The molecule has 80 valence electrons. The van der Waals surface area contributed by atoms with Crippen molar-refractivity contribution in [2.75, 3.05) is 0 Å². The van der Waals surface area contributed by atoms with Gasteiger partial charge in [0, 0.05) is 18.3 Å². The summed E-state index contributed by atoms with van der Waals surface area (Å²) in [7, 11) is 1.85. The second-order valence-electron chi connectivity index (χ2n) is 3.34. The number of hydrogen-bond donors (Lipinski definition) is 1. The van der Waals surface area contributed by atoms with E-state index in [1.54, 1.807) is 16.9 Å². The first-order valence-electron chi connectivity index (χ1n) is 4.50. The van der Waals surface area contributed by atoms with Crippen molar-refractivity contribution >= 4 is 22.9 Å². The Bertz CT molecular complexity index is 477. The van der Waals surface area contributed by atoms with Gasteiger partial charge in [0.15, 0.2) is 0 Å². The predicted octanol–water partition coefficient (Wildman–Crippen LogP) is 2.53. The van der Waals surface area contributed by atoms with Crippen molar-refractivity contribution in [2.45, 2.75) is 13.0 Å². The molecule has 3 nitrogen and oxygen atoms in total. The van der Waals surface area contributed by atoms with Crippen molar-refractivity contribution in [3.8, 4) is 0 Å². The topological polar surface area (TPSA) is 38.1 Å². The molecule has 1 unspecified atom stereocenters. The summed E-state index contributed by atoms with van der Waals surface area (Å²) in [5, 5.41) is 16.7. The van der Waals surface area contributed by atoms with Crippen LogP contribution in [0.5, 0.6) is 0 Å². The molecule has 1 atom stereocenters. The van der Waals surface area contributed by atoms with Gasteiger partial charge in [-0.25, -0.2) is 0 Å². The molecular weight excluding hydrogens is 232 g/mol. The molecule has 15 heavy (non-hydrogen) atoms. The number of aliphatic hydroxyl groups excluding tert-OH is 1. The highest BCUT2D eigenvalue weighted by atomic mass is 35.5. The van der Waals surface area contributed by atoms with E-state index in [-0.39, 0.29) is 0 Å². The fourth-order valence-corrected chi connectivity index (χ4v) is 2.59. The first-order chi connectivity index (χ1) is 7.11. The van der Waals surface area contributed by atoms with Crippen molar-refractivity contribution in [1.82, 2.24) is 9.78 Å². The van der Waals surface area contributed by atoms with E-state index in [1.807, 2.05) is 19.4 Å². The number of aromatic nitrogens is 2. The molecule has 0 aromatic carbocycles. The zero-order valence-corrected chi connectivity index (χ0v) is 10.0. The number of thiophene rings is 1. The van der Waals surface area contributed by atoms with Crippen LogP contribution in [0.3, 0.4) is 0 Å². The summed E-state index contributed by atoms with van der Waals surface area (Å²) < 4.78 is 1.74.